The van der Waals surface area contributed by atoms with Crippen LogP contribution >= 0.6 is 0 Å². The van der Waals surface area contributed by atoms with Gasteiger partial charge < -0.3 is 10.1 Å². The van der Waals surface area contributed by atoms with Crippen molar-refractivity contribution in [2.45, 2.75) is 19.8 Å². The molecule has 136 valence electrons. The first-order valence-corrected chi connectivity index (χ1v) is 8.17. The maximum absolute atomic E-state index is 12.8. The Morgan fingerprint density at radius 1 is 1.04 bits per heavy atom. The molecule has 0 aliphatic heterocycles. The van der Waals surface area contributed by atoms with Crippen LogP contribution in [0, 0.1) is 5.82 Å². The molecule has 26 heavy (non-hydrogen) atoms. The minimum Gasteiger partial charge on any atom is -0.494 e. The van der Waals surface area contributed by atoms with Gasteiger partial charge in [-0.25, -0.2) is 9.82 Å². The van der Waals surface area contributed by atoms with E-state index in [0.29, 0.717) is 17.9 Å². The zero-order chi connectivity index (χ0) is 18.8. The van der Waals surface area contributed by atoms with Gasteiger partial charge in [-0.15, -0.1) is 0 Å². The lowest BCUT2D eigenvalue weighted by molar-refractivity contribution is -0.124. The Balaban J connectivity index is 1.70. The first-order chi connectivity index (χ1) is 12.6. The second kappa shape index (κ2) is 9.93. The molecule has 0 spiro atoms. The Kier molecular flexibility index (Phi) is 7.30. The summed E-state index contributed by atoms with van der Waals surface area (Å²) in [4.78, 5) is 23.5. The summed E-state index contributed by atoms with van der Waals surface area (Å²) in [6.07, 6.45) is 1.44. The van der Waals surface area contributed by atoms with Crippen LogP contribution in [-0.2, 0) is 9.59 Å². The highest BCUT2D eigenvalue weighted by atomic mass is 19.1. The minimum absolute atomic E-state index is 0.00359. The van der Waals surface area contributed by atoms with Crippen LogP contribution in [0.4, 0.5) is 10.1 Å². The molecule has 0 aliphatic carbocycles. The number of rotatable bonds is 8. The molecule has 0 radical (unpaired) electrons. The van der Waals surface area contributed by atoms with Crippen LogP contribution in [0.5, 0.6) is 5.75 Å². The number of anilines is 1. The molecular formula is C19H20FN3O3. The number of benzene rings is 2. The van der Waals surface area contributed by atoms with Gasteiger partial charge in [-0.05, 0) is 48.9 Å². The van der Waals surface area contributed by atoms with Crippen molar-refractivity contribution in [3.8, 4) is 5.75 Å². The smallest absolute Gasteiger partial charge is 0.240 e. The molecule has 0 aliphatic rings. The Morgan fingerprint density at radius 2 is 1.69 bits per heavy atom. The fraction of sp³-hybridized carbons (Fsp3) is 0.211. The predicted molar refractivity (Wildman–Crippen MR) is 97.6 cm³/mol. The number of amides is 2. The number of hydrogen-bond donors (Lipinski definition) is 2. The summed E-state index contributed by atoms with van der Waals surface area (Å²) in [5, 5.41) is 6.47. The van der Waals surface area contributed by atoms with Crippen molar-refractivity contribution in [3.63, 3.8) is 0 Å². The van der Waals surface area contributed by atoms with Crippen LogP contribution < -0.4 is 15.5 Å². The predicted octanol–water partition coefficient (Wildman–Crippen LogP) is 3.09. The van der Waals surface area contributed by atoms with E-state index in [1.165, 1.54) is 30.5 Å². The van der Waals surface area contributed by atoms with Crippen molar-refractivity contribution in [1.29, 1.82) is 0 Å². The minimum atomic E-state index is -0.384. The average molecular weight is 357 g/mol. The molecule has 0 heterocycles. The zero-order valence-corrected chi connectivity index (χ0v) is 14.4. The maximum atomic E-state index is 12.8. The summed E-state index contributed by atoms with van der Waals surface area (Å²) in [5.74, 6) is -0.273. The molecule has 0 atom stereocenters. The molecule has 0 saturated carbocycles. The number of halogens is 1. The lowest BCUT2D eigenvalue weighted by atomic mass is 10.2. The van der Waals surface area contributed by atoms with Gasteiger partial charge in [-0.3, -0.25) is 9.59 Å². The van der Waals surface area contributed by atoms with Crippen LogP contribution in [0.2, 0.25) is 0 Å². The highest BCUT2D eigenvalue weighted by Crippen LogP contribution is 2.15. The molecule has 0 saturated heterocycles. The van der Waals surface area contributed by atoms with Gasteiger partial charge in [-0.2, -0.15) is 5.10 Å². The number of carbonyl (C=O) groups is 2. The second-order valence-electron chi connectivity index (χ2n) is 5.35. The Bertz CT molecular complexity index is 759. The van der Waals surface area contributed by atoms with Crippen molar-refractivity contribution in [2.24, 2.45) is 5.10 Å². The third-order valence-electron chi connectivity index (χ3n) is 3.30. The van der Waals surface area contributed by atoms with E-state index in [1.54, 1.807) is 24.3 Å². The third-order valence-corrected chi connectivity index (χ3v) is 3.30. The van der Waals surface area contributed by atoms with Crippen LogP contribution in [0.15, 0.2) is 53.6 Å². The van der Waals surface area contributed by atoms with E-state index < -0.39 is 0 Å². The van der Waals surface area contributed by atoms with Crippen LogP contribution in [-0.4, -0.2) is 24.6 Å². The normalized spacial score (nSPS) is 10.5. The molecule has 6 nitrogen and oxygen atoms in total. The van der Waals surface area contributed by atoms with Gasteiger partial charge in [-0.1, -0.05) is 12.1 Å². The molecule has 2 rings (SSSR count). The van der Waals surface area contributed by atoms with Crippen molar-refractivity contribution in [1.82, 2.24) is 5.43 Å². The van der Waals surface area contributed by atoms with Gasteiger partial charge in [0.25, 0.3) is 0 Å². The zero-order valence-electron chi connectivity index (χ0n) is 14.4. The lowest BCUT2D eigenvalue weighted by Gasteiger charge is -2.07. The summed E-state index contributed by atoms with van der Waals surface area (Å²) >= 11 is 0. The number of carbonyl (C=O) groups excluding carboxylic acids is 2. The first-order valence-electron chi connectivity index (χ1n) is 8.17. The average Bonchev–Trinajstić information content (AvgIpc) is 2.63. The van der Waals surface area contributed by atoms with Gasteiger partial charge in [0.1, 0.15) is 11.6 Å². The maximum Gasteiger partial charge on any atom is 0.240 e. The van der Waals surface area contributed by atoms with Crippen molar-refractivity contribution in [2.75, 3.05) is 11.9 Å². The van der Waals surface area contributed by atoms with Gasteiger partial charge in [0, 0.05) is 18.5 Å². The van der Waals surface area contributed by atoms with Crippen LogP contribution in [0.25, 0.3) is 0 Å². The van der Waals surface area contributed by atoms with Gasteiger partial charge in [0.15, 0.2) is 0 Å². The topological polar surface area (TPSA) is 79.8 Å². The van der Waals surface area contributed by atoms with E-state index in [0.717, 1.165) is 5.75 Å². The van der Waals surface area contributed by atoms with Crippen molar-refractivity contribution >= 4 is 23.7 Å². The van der Waals surface area contributed by atoms with Crippen LogP contribution in [0.3, 0.4) is 0 Å². The summed E-state index contributed by atoms with van der Waals surface area (Å²) in [6, 6.07) is 12.7. The van der Waals surface area contributed by atoms with Gasteiger partial charge in [0.2, 0.25) is 11.8 Å². The van der Waals surface area contributed by atoms with Crippen molar-refractivity contribution < 1.29 is 18.7 Å². The van der Waals surface area contributed by atoms with Gasteiger partial charge in [0.05, 0.1) is 12.8 Å². The first kappa shape index (κ1) is 19.1. The van der Waals surface area contributed by atoms with E-state index >= 15 is 0 Å². The highest BCUT2D eigenvalue weighted by Gasteiger charge is 2.07. The standard InChI is InChI=1S/C19H20FN3O3/c1-2-26-17-9-7-16(8-10-17)22-18(24)11-12-19(25)23-21-13-14-3-5-15(20)6-4-14/h3-10,13H,2,11-12H2,1H3,(H,22,24)(H,23,25). The fourth-order valence-electron chi connectivity index (χ4n) is 2.04. The fourth-order valence-corrected chi connectivity index (χ4v) is 2.04. The second-order valence-corrected chi connectivity index (χ2v) is 5.35. The number of nitrogens with one attached hydrogen (secondary N) is 2. The van der Waals surface area contributed by atoms with Crippen molar-refractivity contribution in [3.05, 3.63) is 59.9 Å². The summed E-state index contributed by atoms with van der Waals surface area (Å²) in [6.45, 7) is 2.47. The molecule has 2 aromatic rings. The number of hydrogen-bond acceptors (Lipinski definition) is 4. The van der Waals surface area contributed by atoms with E-state index in [2.05, 4.69) is 15.8 Å². The molecule has 0 aromatic heterocycles. The summed E-state index contributed by atoms with van der Waals surface area (Å²) in [7, 11) is 0. The molecule has 0 fully saturated rings. The molecule has 0 unspecified atom stereocenters. The monoisotopic (exact) mass is 357 g/mol. The van der Waals surface area contributed by atoms with Gasteiger partial charge >= 0.3 is 0 Å². The molecule has 7 heteroatoms. The highest BCUT2D eigenvalue weighted by molar-refractivity contribution is 5.93. The molecule has 2 N–H and O–H groups in total. The molecule has 2 amide bonds. The largest absolute Gasteiger partial charge is 0.494 e. The number of ether oxygens (including phenoxy) is 1. The summed E-state index contributed by atoms with van der Waals surface area (Å²) in [5.41, 5.74) is 3.61. The number of nitrogens with zero attached hydrogens (tertiary/aromatic N) is 1. The Labute approximate surface area is 151 Å². The SMILES string of the molecule is CCOc1ccc(NC(=O)CCC(=O)NN=Cc2ccc(F)cc2)cc1. The van der Waals surface area contributed by atoms with E-state index in [1.807, 2.05) is 6.92 Å². The van der Waals surface area contributed by atoms with Crippen LogP contribution in [0.1, 0.15) is 25.3 Å². The quantitative estimate of drug-likeness (QED) is 0.563. The summed E-state index contributed by atoms with van der Waals surface area (Å²) < 4.78 is 18.1. The van der Waals surface area contributed by atoms with E-state index in [9.17, 15) is 14.0 Å². The Hall–Kier alpha value is -3.22. The van der Waals surface area contributed by atoms with E-state index in [4.69, 9.17) is 4.74 Å². The molecule has 2 aromatic carbocycles. The number of hydrazone groups is 1. The Morgan fingerprint density at radius 3 is 2.35 bits per heavy atom. The molecule has 0 bridgehead atoms. The molecular weight excluding hydrogens is 337 g/mol. The lowest BCUT2D eigenvalue weighted by Crippen LogP contribution is -2.20. The van der Waals surface area contributed by atoms with E-state index in [-0.39, 0.29) is 30.5 Å². The third kappa shape index (κ3) is 6.72.